The van der Waals surface area contributed by atoms with Gasteiger partial charge in [-0.2, -0.15) is 0 Å². The van der Waals surface area contributed by atoms with Gasteiger partial charge in [0.25, 0.3) is 0 Å². The highest BCUT2D eigenvalue weighted by atomic mass is 16.5. The Kier molecular flexibility index (Phi) is 5.20. The number of aromatic nitrogens is 2. The third-order valence-corrected chi connectivity index (χ3v) is 4.32. The number of nitrogens with zero attached hydrogens (tertiary/aromatic N) is 2. The van der Waals surface area contributed by atoms with Crippen molar-refractivity contribution in [1.29, 1.82) is 0 Å². The minimum absolute atomic E-state index is 0.0891. The molecule has 1 aromatic heterocycles. The van der Waals surface area contributed by atoms with Crippen molar-refractivity contribution in [3.8, 4) is 5.88 Å². The van der Waals surface area contributed by atoms with Gasteiger partial charge in [-0.25, -0.2) is 4.98 Å². The normalized spacial score (nSPS) is 26.6. The topological polar surface area (TPSA) is 47.0 Å². The molecule has 3 unspecified atom stereocenters. The maximum Gasteiger partial charge on any atom is 0.232 e. The lowest BCUT2D eigenvalue weighted by Gasteiger charge is -2.31. The fraction of sp³-hybridized carbons (Fsp3) is 0.765. The lowest BCUT2D eigenvalue weighted by Crippen LogP contribution is -2.35. The summed E-state index contributed by atoms with van der Waals surface area (Å²) in [4.78, 5) is 8.82. The molecule has 0 amide bonds. The van der Waals surface area contributed by atoms with Crippen LogP contribution in [0.25, 0.3) is 0 Å². The molecule has 2 rings (SSSR count). The van der Waals surface area contributed by atoms with Crippen molar-refractivity contribution in [2.75, 3.05) is 0 Å². The van der Waals surface area contributed by atoms with Crippen LogP contribution >= 0.6 is 0 Å². The summed E-state index contributed by atoms with van der Waals surface area (Å²) in [5.41, 5.74) is 1.04. The Bertz CT molecular complexity index is 438. The van der Waals surface area contributed by atoms with E-state index in [9.17, 15) is 0 Å². The first-order valence-electron chi connectivity index (χ1n) is 8.06. The zero-order valence-electron chi connectivity index (χ0n) is 14.0. The van der Waals surface area contributed by atoms with Crippen molar-refractivity contribution >= 4 is 0 Å². The van der Waals surface area contributed by atoms with Crippen LogP contribution in [0.15, 0.2) is 12.4 Å². The van der Waals surface area contributed by atoms with Crippen LogP contribution in [0.4, 0.5) is 0 Å². The van der Waals surface area contributed by atoms with E-state index in [1.54, 1.807) is 6.20 Å². The molecule has 0 bridgehead atoms. The Hall–Kier alpha value is -1.16. The Morgan fingerprint density at radius 1 is 1.14 bits per heavy atom. The zero-order chi connectivity index (χ0) is 15.5. The van der Waals surface area contributed by atoms with E-state index in [4.69, 9.17) is 4.74 Å². The van der Waals surface area contributed by atoms with Crippen molar-refractivity contribution in [1.82, 2.24) is 15.3 Å². The van der Waals surface area contributed by atoms with Crippen LogP contribution in [0.1, 0.15) is 59.6 Å². The van der Waals surface area contributed by atoms with Gasteiger partial charge in [0.05, 0.1) is 18.1 Å². The Morgan fingerprint density at radius 2 is 1.90 bits per heavy atom. The van der Waals surface area contributed by atoms with Crippen LogP contribution in [-0.4, -0.2) is 21.6 Å². The van der Waals surface area contributed by atoms with Gasteiger partial charge in [0.15, 0.2) is 0 Å². The van der Waals surface area contributed by atoms with Crippen molar-refractivity contribution in [3.05, 3.63) is 18.1 Å². The molecule has 4 heteroatoms. The van der Waals surface area contributed by atoms with Gasteiger partial charge in [0.2, 0.25) is 5.88 Å². The van der Waals surface area contributed by atoms with Gasteiger partial charge in [-0.3, -0.25) is 4.98 Å². The summed E-state index contributed by atoms with van der Waals surface area (Å²) in [5, 5.41) is 3.41. The quantitative estimate of drug-likeness (QED) is 0.921. The second-order valence-corrected chi connectivity index (χ2v) is 7.46. The van der Waals surface area contributed by atoms with Crippen LogP contribution in [0.2, 0.25) is 0 Å². The molecule has 1 aliphatic carbocycles. The number of rotatable bonds is 4. The standard InChI is InChI=1S/C17H29N3O/c1-12-6-7-15(8-13(12)2)21-16-11-18-14(9-19-16)10-20-17(3,4)5/h9,11-13,15,20H,6-8,10H2,1-5H3. The van der Waals surface area contributed by atoms with E-state index in [-0.39, 0.29) is 5.54 Å². The first-order chi connectivity index (χ1) is 9.83. The fourth-order valence-corrected chi connectivity index (χ4v) is 2.63. The molecule has 0 saturated heterocycles. The van der Waals surface area contributed by atoms with E-state index in [0.717, 1.165) is 36.9 Å². The highest BCUT2D eigenvalue weighted by Gasteiger charge is 2.26. The minimum Gasteiger partial charge on any atom is -0.473 e. The molecule has 0 radical (unpaired) electrons. The predicted octanol–water partition coefficient (Wildman–Crippen LogP) is 3.57. The predicted molar refractivity (Wildman–Crippen MR) is 85.2 cm³/mol. The summed E-state index contributed by atoms with van der Waals surface area (Å²) in [5.74, 6) is 2.19. The monoisotopic (exact) mass is 291 g/mol. The third kappa shape index (κ3) is 5.27. The minimum atomic E-state index is 0.0891. The molecule has 1 aliphatic rings. The zero-order valence-corrected chi connectivity index (χ0v) is 14.0. The van der Waals surface area contributed by atoms with E-state index < -0.39 is 0 Å². The van der Waals surface area contributed by atoms with Gasteiger partial charge in [-0.1, -0.05) is 13.8 Å². The first-order valence-corrected chi connectivity index (χ1v) is 8.06. The molecule has 0 aromatic carbocycles. The van der Waals surface area contributed by atoms with Crippen molar-refractivity contribution in [2.24, 2.45) is 11.8 Å². The van der Waals surface area contributed by atoms with E-state index >= 15 is 0 Å². The van der Waals surface area contributed by atoms with Crippen LogP contribution in [0.5, 0.6) is 5.88 Å². The molecule has 118 valence electrons. The molecule has 1 N–H and O–H groups in total. The van der Waals surface area contributed by atoms with E-state index in [0.29, 0.717) is 12.0 Å². The largest absolute Gasteiger partial charge is 0.473 e. The first kappa shape index (κ1) is 16.2. The Balaban J connectivity index is 1.85. The number of hydrogen-bond donors (Lipinski definition) is 1. The molecule has 0 aliphatic heterocycles. The molecule has 21 heavy (non-hydrogen) atoms. The molecular formula is C17H29N3O. The lowest BCUT2D eigenvalue weighted by atomic mass is 9.80. The number of hydrogen-bond acceptors (Lipinski definition) is 4. The van der Waals surface area contributed by atoms with Gasteiger partial charge >= 0.3 is 0 Å². The van der Waals surface area contributed by atoms with Gasteiger partial charge in [-0.15, -0.1) is 0 Å². The summed E-state index contributed by atoms with van der Waals surface area (Å²) in [6.45, 7) is 11.8. The maximum atomic E-state index is 5.98. The highest BCUT2D eigenvalue weighted by Crippen LogP contribution is 2.31. The average molecular weight is 291 g/mol. The van der Waals surface area contributed by atoms with Crippen LogP contribution in [0, 0.1) is 11.8 Å². The summed E-state index contributed by atoms with van der Waals surface area (Å²) in [6, 6.07) is 0. The van der Waals surface area contributed by atoms with Gasteiger partial charge < -0.3 is 10.1 Å². The Labute approximate surface area is 128 Å². The van der Waals surface area contributed by atoms with Crippen molar-refractivity contribution in [3.63, 3.8) is 0 Å². The molecule has 1 fully saturated rings. The molecule has 1 heterocycles. The molecule has 4 nitrogen and oxygen atoms in total. The van der Waals surface area contributed by atoms with E-state index in [1.165, 1.54) is 6.42 Å². The van der Waals surface area contributed by atoms with Crippen molar-refractivity contribution in [2.45, 2.75) is 72.1 Å². The summed E-state index contributed by atoms with van der Waals surface area (Å²) in [6.07, 6.45) is 7.35. The Morgan fingerprint density at radius 3 is 2.48 bits per heavy atom. The van der Waals surface area contributed by atoms with Crippen molar-refractivity contribution < 1.29 is 4.74 Å². The summed E-state index contributed by atoms with van der Waals surface area (Å²) >= 11 is 0. The lowest BCUT2D eigenvalue weighted by molar-refractivity contribution is 0.0960. The van der Waals surface area contributed by atoms with Gasteiger partial charge in [0.1, 0.15) is 6.10 Å². The maximum absolute atomic E-state index is 5.98. The third-order valence-electron chi connectivity index (χ3n) is 4.32. The number of ether oxygens (including phenoxy) is 1. The summed E-state index contributed by atoms with van der Waals surface area (Å²) in [7, 11) is 0. The smallest absolute Gasteiger partial charge is 0.232 e. The second-order valence-electron chi connectivity index (χ2n) is 7.46. The van der Waals surface area contributed by atoms with Crippen LogP contribution in [-0.2, 0) is 6.54 Å². The molecule has 0 spiro atoms. The second kappa shape index (κ2) is 6.73. The van der Waals surface area contributed by atoms with Crippen LogP contribution in [0.3, 0.4) is 0 Å². The molecule has 3 atom stereocenters. The fourth-order valence-electron chi connectivity index (χ4n) is 2.63. The van der Waals surface area contributed by atoms with E-state index in [1.807, 2.05) is 6.20 Å². The summed E-state index contributed by atoms with van der Waals surface area (Å²) < 4.78 is 5.98. The molecule has 1 aromatic rings. The molecule has 1 saturated carbocycles. The van der Waals surface area contributed by atoms with E-state index in [2.05, 4.69) is 49.9 Å². The number of nitrogens with one attached hydrogen (secondary N) is 1. The van der Waals surface area contributed by atoms with Gasteiger partial charge in [0, 0.05) is 12.1 Å². The average Bonchev–Trinajstić information content (AvgIpc) is 2.41. The highest BCUT2D eigenvalue weighted by molar-refractivity contribution is 5.08. The molecular weight excluding hydrogens is 262 g/mol. The van der Waals surface area contributed by atoms with Crippen LogP contribution < -0.4 is 10.1 Å². The SMILES string of the molecule is CC1CCC(Oc2cnc(CNC(C)(C)C)cn2)CC1C. The van der Waals surface area contributed by atoms with Gasteiger partial charge in [-0.05, 0) is 51.9 Å².